The fourth-order valence-corrected chi connectivity index (χ4v) is 5.66. The molecule has 1 N–H and O–H groups in total. The Morgan fingerprint density at radius 2 is 1.56 bits per heavy atom. The third kappa shape index (κ3) is 9.21. The monoisotopic (exact) mass is 617 g/mol. The summed E-state index contributed by atoms with van der Waals surface area (Å²) in [7, 11) is -3.84. The van der Waals surface area contributed by atoms with Crippen molar-refractivity contribution < 1.29 is 18.0 Å². The standard InChI is InChI=1S/C31H37Cl2N3O4S/c1-5-25-13-9-10-14-28(25)36(41(4,39)40)21-30(37)35(20-24-15-16-26(32)27(33)17-24)29(31(38)34-19-22(2)3)18-23-11-7-6-8-12-23/h6-17,22,29H,5,18-21H2,1-4H3,(H,34,38)/t29-/m1/s1. The van der Waals surface area contributed by atoms with Gasteiger partial charge in [-0.2, -0.15) is 0 Å². The number of aryl methyl sites for hydroxylation is 1. The first kappa shape index (κ1) is 32.4. The molecule has 2 amide bonds. The van der Waals surface area contributed by atoms with Gasteiger partial charge in [-0.05, 0) is 47.2 Å². The number of carbonyl (C=O) groups is 2. The molecule has 7 nitrogen and oxygen atoms in total. The van der Waals surface area contributed by atoms with Crippen LogP contribution < -0.4 is 9.62 Å². The lowest BCUT2D eigenvalue weighted by molar-refractivity contribution is -0.140. The number of carbonyl (C=O) groups excluding carboxylic acids is 2. The smallest absolute Gasteiger partial charge is 0.244 e. The SMILES string of the molecule is CCc1ccccc1N(CC(=O)N(Cc1ccc(Cl)c(Cl)c1)[C@H](Cc1ccccc1)C(=O)NCC(C)C)S(C)(=O)=O. The number of sulfonamides is 1. The Kier molecular flexibility index (Phi) is 11.6. The summed E-state index contributed by atoms with van der Waals surface area (Å²) in [5.74, 6) is -0.648. The molecular formula is C31H37Cl2N3O4S. The first-order valence-corrected chi connectivity index (χ1v) is 16.1. The summed E-state index contributed by atoms with van der Waals surface area (Å²) in [5, 5.41) is 3.64. The Morgan fingerprint density at radius 1 is 0.902 bits per heavy atom. The highest BCUT2D eigenvalue weighted by Crippen LogP contribution is 2.26. The van der Waals surface area contributed by atoms with Crippen LogP contribution in [0.1, 0.15) is 37.5 Å². The number of para-hydroxylation sites is 1. The molecule has 0 radical (unpaired) electrons. The second-order valence-electron chi connectivity index (χ2n) is 10.4. The van der Waals surface area contributed by atoms with Crippen LogP contribution in [0, 0.1) is 5.92 Å². The molecule has 0 heterocycles. The average Bonchev–Trinajstić information content (AvgIpc) is 2.94. The first-order chi connectivity index (χ1) is 19.4. The van der Waals surface area contributed by atoms with E-state index in [9.17, 15) is 18.0 Å². The van der Waals surface area contributed by atoms with Crippen molar-refractivity contribution >= 4 is 50.7 Å². The average molecular weight is 619 g/mol. The third-order valence-corrected chi connectivity index (χ3v) is 8.48. The van der Waals surface area contributed by atoms with Gasteiger partial charge in [0.05, 0.1) is 22.0 Å². The highest BCUT2D eigenvalue weighted by Gasteiger charge is 2.33. The Labute approximate surface area is 253 Å². The topological polar surface area (TPSA) is 86.8 Å². The van der Waals surface area contributed by atoms with Crippen LogP contribution in [0.25, 0.3) is 0 Å². The maximum absolute atomic E-state index is 14.2. The molecule has 0 saturated carbocycles. The van der Waals surface area contributed by atoms with E-state index >= 15 is 0 Å². The van der Waals surface area contributed by atoms with E-state index in [0.29, 0.717) is 34.3 Å². The highest BCUT2D eigenvalue weighted by molar-refractivity contribution is 7.92. The number of anilines is 1. The number of hydrogen-bond acceptors (Lipinski definition) is 4. The lowest BCUT2D eigenvalue weighted by Crippen LogP contribution is -2.53. The van der Waals surface area contributed by atoms with E-state index < -0.39 is 28.5 Å². The first-order valence-electron chi connectivity index (χ1n) is 13.5. The van der Waals surface area contributed by atoms with Crippen molar-refractivity contribution in [2.24, 2.45) is 5.92 Å². The maximum atomic E-state index is 14.2. The van der Waals surface area contributed by atoms with Crippen LogP contribution in [0.4, 0.5) is 5.69 Å². The Hall–Kier alpha value is -3.07. The number of nitrogens with zero attached hydrogens (tertiary/aromatic N) is 2. The van der Waals surface area contributed by atoms with Gasteiger partial charge in [0.2, 0.25) is 21.8 Å². The summed E-state index contributed by atoms with van der Waals surface area (Å²) in [6.45, 7) is 5.88. The van der Waals surface area contributed by atoms with Crippen LogP contribution in [-0.4, -0.2) is 50.5 Å². The molecule has 0 saturated heterocycles. The van der Waals surface area contributed by atoms with Crippen LogP contribution in [0.2, 0.25) is 10.0 Å². The zero-order chi connectivity index (χ0) is 30.2. The zero-order valence-corrected chi connectivity index (χ0v) is 26.1. The van der Waals surface area contributed by atoms with Crippen molar-refractivity contribution in [3.63, 3.8) is 0 Å². The number of hydrogen-bond donors (Lipinski definition) is 1. The van der Waals surface area contributed by atoms with Gasteiger partial charge in [0.1, 0.15) is 12.6 Å². The van der Waals surface area contributed by atoms with E-state index in [-0.39, 0.29) is 24.8 Å². The minimum atomic E-state index is -3.84. The molecular weight excluding hydrogens is 581 g/mol. The summed E-state index contributed by atoms with van der Waals surface area (Å²) in [6.07, 6.45) is 1.90. The van der Waals surface area contributed by atoms with Gasteiger partial charge < -0.3 is 10.2 Å². The van der Waals surface area contributed by atoms with Crippen molar-refractivity contribution in [3.8, 4) is 0 Å². The van der Waals surface area contributed by atoms with Gasteiger partial charge in [0.25, 0.3) is 0 Å². The van der Waals surface area contributed by atoms with E-state index in [1.165, 1.54) is 4.90 Å². The molecule has 3 aromatic rings. The number of amides is 2. The van der Waals surface area contributed by atoms with Crippen LogP contribution in [0.3, 0.4) is 0 Å². The molecule has 10 heteroatoms. The lowest BCUT2D eigenvalue weighted by Gasteiger charge is -2.34. The quantitative estimate of drug-likeness (QED) is 0.265. The molecule has 0 unspecified atom stereocenters. The lowest BCUT2D eigenvalue weighted by atomic mass is 10.0. The Balaban J connectivity index is 2.09. The molecule has 3 rings (SSSR count). The van der Waals surface area contributed by atoms with E-state index in [1.54, 1.807) is 30.3 Å². The highest BCUT2D eigenvalue weighted by atomic mass is 35.5. The molecule has 1 atom stereocenters. The zero-order valence-electron chi connectivity index (χ0n) is 23.8. The maximum Gasteiger partial charge on any atom is 0.244 e. The molecule has 3 aromatic carbocycles. The van der Waals surface area contributed by atoms with Gasteiger partial charge in [-0.25, -0.2) is 8.42 Å². The largest absolute Gasteiger partial charge is 0.354 e. The number of halogens is 2. The second kappa shape index (κ2) is 14.7. The van der Waals surface area contributed by atoms with Gasteiger partial charge in [-0.3, -0.25) is 13.9 Å². The van der Waals surface area contributed by atoms with Crippen LogP contribution in [-0.2, 0) is 39.0 Å². The number of rotatable bonds is 13. The molecule has 0 aliphatic rings. The summed E-state index contributed by atoms with van der Waals surface area (Å²) in [5.41, 5.74) is 2.74. The minimum Gasteiger partial charge on any atom is -0.354 e. The normalized spacial score (nSPS) is 12.2. The van der Waals surface area contributed by atoms with Crippen LogP contribution in [0.5, 0.6) is 0 Å². The number of benzene rings is 3. The van der Waals surface area contributed by atoms with Crippen molar-refractivity contribution in [2.45, 2.75) is 46.2 Å². The molecule has 0 aliphatic carbocycles. The van der Waals surface area contributed by atoms with Gasteiger partial charge in [-0.15, -0.1) is 0 Å². The summed E-state index contributed by atoms with van der Waals surface area (Å²) in [4.78, 5) is 29.3. The fraction of sp³-hybridized carbons (Fsp3) is 0.355. The molecule has 0 aromatic heterocycles. The minimum absolute atomic E-state index is 0.0232. The predicted octanol–water partition coefficient (Wildman–Crippen LogP) is 5.73. The third-order valence-electron chi connectivity index (χ3n) is 6.61. The predicted molar refractivity (Wildman–Crippen MR) is 167 cm³/mol. The second-order valence-corrected chi connectivity index (χ2v) is 13.1. The van der Waals surface area contributed by atoms with Crippen molar-refractivity contribution in [3.05, 3.63) is 99.5 Å². The van der Waals surface area contributed by atoms with Gasteiger partial charge in [0.15, 0.2) is 0 Å². The van der Waals surface area contributed by atoms with Crippen LogP contribution >= 0.6 is 23.2 Å². The van der Waals surface area contributed by atoms with E-state index in [2.05, 4.69) is 5.32 Å². The summed E-state index contributed by atoms with van der Waals surface area (Å²) in [6, 6.07) is 20.6. The molecule has 0 aliphatic heterocycles. The van der Waals surface area contributed by atoms with Crippen molar-refractivity contribution in [2.75, 3.05) is 23.7 Å². The van der Waals surface area contributed by atoms with Crippen LogP contribution in [0.15, 0.2) is 72.8 Å². The van der Waals surface area contributed by atoms with Crippen molar-refractivity contribution in [1.82, 2.24) is 10.2 Å². The summed E-state index contributed by atoms with van der Waals surface area (Å²) < 4.78 is 27.1. The van der Waals surface area contributed by atoms with E-state index in [4.69, 9.17) is 23.2 Å². The Bertz CT molecular complexity index is 1450. The number of nitrogens with one attached hydrogen (secondary N) is 1. The molecule has 220 valence electrons. The van der Waals surface area contributed by atoms with Gasteiger partial charge in [0, 0.05) is 19.5 Å². The summed E-state index contributed by atoms with van der Waals surface area (Å²) >= 11 is 12.4. The molecule has 0 spiro atoms. The van der Waals surface area contributed by atoms with Gasteiger partial charge in [-0.1, -0.05) is 98.6 Å². The molecule has 0 bridgehead atoms. The van der Waals surface area contributed by atoms with E-state index in [0.717, 1.165) is 21.7 Å². The van der Waals surface area contributed by atoms with Gasteiger partial charge >= 0.3 is 0 Å². The Morgan fingerprint density at radius 3 is 2.17 bits per heavy atom. The molecule has 0 fully saturated rings. The fourth-order valence-electron chi connectivity index (χ4n) is 4.46. The van der Waals surface area contributed by atoms with E-state index in [1.807, 2.05) is 63.2 Å². The molecule has 41 heavy (non-hydrogen) atoms. The van der Waals surface area contributed by atoms with Crippen molar-refractivity contribution in [1.29, 1.82) is 0 Å².